The molecule has 0 amide bonds. The number of hydrogen-bond acceptors (Lipinski definition) is 5. The van der Waals surface area contributed by atoms with Gasteiger partial charge in [-0.2, -0.15) is 0 Å². The highest BCUT2D eigenvalue weighted by atomic mass is 35.5. The topological polar surface area (TPSA) is 116 Å². The highest BCUT2D eigenvalue weighted by Gasteiger charge is 2.07. The number of aliphatic carboxylic acids is 2. The Morgan fingerprint density at radius 2 is 1.65 bits per heavy atom. The van der Waals surface area contributed by atoms with E-state index in [4.69, 9.17) is 52.8 Å². The van der Waals surface area contributed by atoms with E-state index in [1.54, 1.807) is 0 Å². The highest BCUT2D eigenvalue weighted by Crippen LogP contribution is 2.33. The first-order chi connectivity index (χ1) is 10.8. The first kappa shape index (κ1) is 21.5. The van der Waals surface area contributed by atoms with Crippen LogP contribution in [0.3, 0.4) is 0 Å². The van der Waals surface area contributed by atoms with Crippen LogP contribution in [0, 0.1) is 6.92 Å². The predicted molar refractivity (Wildman–Crippen MR) is 86.5 cm³/mol. The SMILES string of the molecule is Cc1cc(Cl)c(OCCCNCCO)c(Cl)c1.O=C(O)C(=O)O. The molecule has 0 aliphatic rings. The number of rotatable bonds is 7. The monoisotopic (exact) mass is 367 g/mol. The van der Waals surface area contributed by atoms with E-state index in [0.717, 1.165) is 18.5 Å². The Balaban J connectivity index is 0.000000688. The third-order valence-electron chi connectivity index (χ3n) is 2.36. The van der Waals surface area contributed by atoms with E-state index < -0.39 is 11.9 Å². The second-order valence-electron chi connectivity index (χ2n) is 4.34. The summed E-state index contributed by atoms with van der Waals surface area (Å²) in [5.74, 6) is -3.11. The first-order valence-corrected chi connectivity index (χ1v) is 7.41. The van der Waals surface area contributed by atoms with E-state index in [2.05, 4.69) is 5.32 Å². The Morgan fingerprint density at radius 3 is 2.09 bits per heavy atom. The largest absolute Gasteiger partial charge is 0.490 e. The number of aryl methyl sites for hydroxylation is 1. The van der Waals surface area contributed by atoms with E-state index in [9.17, 15) is 0 Å². The van der Waals surface area contributed by atoms with Crippen molar-refractivity contribution in [2.75, 3.05) is 26.3 Å². The minimum atomic E-state index is -1.82. The van der Waals surface area contributed by atoms with Crippen LogP contribution in [0.4, 0.5) is 0 Å². The zero-order valence-electron chi connectivity index (χ0n) is 12.5. The van der Waals surface area contributed by atoms with Crippen molar-refractivity contribution in [3.63, 3.8) is 0 Å². The van der Waals surface area contributed by atoms with Gasteiger partial charge in [-0.05, 0) is 37.6 Å². The summed E-state index contributed by atoms with van der Waals surface area (Å²) in [7, 11) is 0. The Bertz CT molecular complexity index is 489. The van der Waals surface area contributed by atoms with Gasteiger partial charge in [0.05, 0.1) is 23.3 Å². The van der Waals surface area contributed by atoms with E-state index in [-0.39, 0.29) is 6.61 Å². The van der Waals surface area contributed by atoms with Gasteiger partial charge in [-0.25, -0.2) is 9.59 Å². The molecule has 0 aliphatic heterocycles. The third kappa shape index (κ3) is 9.96. The molecule has 0 spiro atoms. The van der Waals surface area contributed by atoms with E-state index in [1.165, 1.54) is 0 Å². The van der Waals surface area contributed by atoms with Crippen molar-refractivity contribution in [1.29, 1.82) is 0 Å². The highest BCUT2D eigenvalue weighted by molar-refractivity contribution is 6.37. The van der Waals surface area contributed by atoms with Gasteiger partial charge in [0.1, 0.15) is 0 Å². The molecule has 1 rings (SSSR count). The smallest absolute Gasteiger partial charge is 0.414 e. The van der Waals surface area contributed by atoms with Crippen LogP contribution >= 0.6 is 23.2 Å². The van der Waals surface area contributed by atoms with Crippen LogP contribution in [0.2, 0.25) is 10.0 Å². The van der Waals surface area contributed by atoms with Crippen LogP contribution < -0.4 is 10.1 Å². The maximum absolute atomic E-state index is 9.10. The number of ether oxygens (including phenoxy) is 1. The molecule has 0 heterocycles. The number of halogens is 2. The minimum absolute atomic E-state index is 0.149. The van der Waals surface area contributed by atoms with Crippen molar-refractivity contribution < 1.29 is 29.6 Å². The van der Waals surface area contributed by atoms with Crippen molar-refractivity contribution in [2.24, 2.45) is 0 Å². The van der Waals surface area contributed by atoms with Crippen molar-refractivity contribution >= 4 is 35.1 Å². The summed E-state index contributed by atoms with van der Waals surface area (Å²) < 4.78 is 5.54. The summed E-state index contributed by atoms with van der Waals surface area (Å²) in [5.41, 5.74) is 1.01. The van der Waals surface area contributed by atoms with Gasteiger partial charge < -0.3 is 25.4 Å². The fraction of sp³-hybridized carbons (Fsp3) is 0.429. The van der Waals surface area contributed by atoms with Gasteiger partial charge in [0, 0.05) is 6.54 Å². The molecule has 7 nitrogen and oxygen atoms in total. The Hall–Kier alpha value is -1.54. The quantitative estimate of drug-likeness (QED) is 0.428. The molecule has 0 saturated heterocycles. The molecule has 0 aliphatic carbocycles. The number of carboxylic acid groups (broad SMARTS) is 2. The summed E-state index contributed by atoms with van der Waals surface area (Å²) in [6, 6.07) is 3.65. The molecule has 0 atom stereocenters. The standard InChI is InChI=1S/C12H17Cl2NO2.C2H2O4/c1-9-7-10(13)12(11(14)8-9)17-6-2-3-15-4-5-16;3-1(4)2(5)6/h7-8,15-16H,2-6H2,1H3;(H,3,4)(H,5,6). The van der Waals surface area contributed by atoms with Gasteiger partial charge in [-0.1, -0.05) is 23.2 Å². The van der Waals surface area contributed by atoms with E-state index in [0.29, 0.717) is 28.9 Å². The normalized spacial score (nSPS) is 9.74. The van der Waals surface area contributed by atoms with Crippen LogP contribution in [0.25, 0.3) is 0 Å². The molecule has 0 fully saturated rings. The molecule has 0 aromatic heterocycles. The average molecular weight is 368 g/mol. The van der Waals surface area contributed by atoms with Gasteiger partial charge in [-0.3, -0.25) is 0 Å². The Labute approximate surface area is 143 Å². The number of aliphatic hydroxyl groups is 1. The number of nitrogens with one attached hydrogen (secondary N) is 1. The molecular formula is C14H19Cl2NO6. The number of benzene rings is 1. The molecule has 0 radical (unpaired) electrons. The Kier molecular flexibility index (Phi) is 11.2. The number of hydrogen-bond donors (Lipinski definition) is 4. The molecular weight excluding hydrogens is 349 g/mol. The molecule has 1 aromatic carbocycles. The van der Waals surface area contributed by atoms with Crippen molar-refractivity contribution in [3.8, 4) is 5.75 Å². The van der Waals surface area contributed by atoms with Crippen LogP contribution in [0.5, 0.6) is 5.75 Å². The molecule has 1 aromatic rings. The van der Waals surface area contributed by atoms with Gasteiger partial charge in [0.15, 0.2) is 5.75 Å². The lowest BCUT2D eigenvalue weighted by Gasteiger charge is -2.10. The molecule has 23 heavy (non-hydrogen) atoms. The molecule has 130 valence electrons. The third-order valence-corrected chi connectivity index (χ3v) is 2.92. The van der Waals surface area contributed by atoms with Crippen LogP contribution in [-0.2, 0) is 9.59 Å². The summed E-state index contributed by atoms with van der Waals surface area (Å²) in [5, 5.41) is 27.5. The minimum Gasteiger partial charge on any atom is -0.490 e. The molecule has 0 bridgehead atoms. The van der Waals surface area contributed by atoms with Gasteiger partial charge in [-0.15, -0.1) is 0 Å². The fourth-order valence-electron chi connectivity index (χ4n) is 1.40. The summed E-state index contributed by atoms with van der Waals surface area (Å²) in [6.45, 7) is 4.02. The van der Waals surface area contributed by atoms with Gasteiger partial charge >= 0.3 is 11.9 Å². The lowest BCUT2D eigenvalue weighted by molar-refractivity contribution is -0.159. The average Bonchev–Trinajstić information content (AvgIpc) is 2.45. The zero-order chi connectivity index (χ0) is 17.8. The molecule has 4 N–H and O–H groups in total. The fourth-order valence-corrected chi connectivity index (χ4v) is 2.11. The van der Waals surface area contributed by atoms with Crippen molar-refractivity contribution in [1.82, 2.24) is 5.32 Å². The lowest BCUT2D eigenvalue weighted by atomic mass is 10.2. The maximum atomic E-state index is 9.10. The van der Waals surface area contributed by atoms with Crippen LogP contribution in [-0.4, -0.2) is 53.6 Å². The number of carboxylic acids is 2. The van der Waals surface area contributed by atoms with E-state index >= 15 is 0 Å². The number of aliphatic hydroxyl groups excluding tert-OH is 1. The summed E-state index contributed by atoms with van der Waals surface area (Å²) in [4.78, 5) is 18.2. The van der Waals surface area contributed by atoms with Crippen LogP contribution in [0.1, 0.15) is 12.0 Å². The second kappa shape index (κ2) is 12.0. The summed E-state index contributed by atoms with van der Waals surface area (Å²) >= 11 is 12.1. The summed E-state index contributed by atoms with van der Waals surface area (Å²) in [6.07, 6.45) is 0.834. The van der Waals surface area contributed by atoms with E-state index in [1.807, 2.05) is 19.1 Å². The number of carbonyl (C=O) groups is 2. The zero-order valence-corrected chi connectivity index (χ0v) is 14.0. The Morgan fingerprint density at radius 1 is 1.13 bits per heavy atom. The lowest BCUT2D eigenvalue weighted by Crippen LogP contribution is -2.20. The molecule has 9 heteroatoms. The first-order valence-electron chi connectivity index (χ1n) is 6.65. The van der Waals surface area contributed by atoms with Gasteiger partial charge in [0.25, 0.3) is 0 Å². The van der Waals surface area contributed by atoms with Gasteiger partial charge in [0.2, 0.25) is 0 Å². The van der Waals surface area contributed by atoms with Crippen molar-refractivity contribution in [3.05, 3.63) is 27.7 Å². The maximum Gasteiger partial charge on any atom is 0.414 e. The predicted octanol–water partition coefficient (Wildman–Crippen LogP) is 1.81. The van der Waals surface area contributed by atoms with Crippen molar-refractivity contribution in [2.45, 2.75) is 13.3 Å². The van der Waals surface area contributed by atoms with Crippen LogP contribution in [0.15, 0.2) is 12.1 Å². The molecule has 0 unspecified atom stereocenters. The molecule has 0 saturated carbocycles. The second-order valence-corrected chi connectivity index (χ2v) is 5.16.